The topological polar surface area (TPSA) is 29.1 Å². The standard InChI is InChI=1S/C16H14FNOS/c1-12-2-6-14(7-3-12)18-16(19)10-11-20-15-8-4-13(17)5-9-15/h2-11H,1H3,(H,18,19). The van der Waals surface area contributed by atoms with Gasteiger partial charge in [-0.1, -0.05) is 29.5 Å². The predicted molar refractivity (Wildman–Crippen MR) is 81.2 cm³/mol. The Morgan fingerprint density at radius 2 is 1.75 bits per heavy atom. The van der Waals surface area contributed by atoms with E-state index in [1.807, 2.05) is 31.2 Å². The Morgan fingerprint density at radius 3 is 2.40 bits per heavy atom. The second-order valence-corrected chi connectivity index (χ2v) is 5.21. The van der Waals surface area contributed by atoms with Gasteiger partial charge in [0.15, 0.2) is 0 Å². The molecule has 102 valence electrons. The van der Waals surface area contributed by atoms with Crippen molar-refractivity contribution >= 4 is 23.4 Å². The average molecular weight is 287 g/mol. The van der Waals surface area contributed by atoms with Crippen molar-refractivity contribution < 1.29 is 9.18 Å². The molecule has 1 amide bonds. The quantitative estimate of drug-likeness (QED) is 0.668. The third-order valence-electron chi connectivity index (χ3n) is 2.56. The first-order valence-corrected chi connectivity index (χ1v) is 6.98. The second-order valence-electron chi connectivity index (χ2n) is 4.23. The van der Waals surface area contributed by atoms with Gasteiger partial charge >= 0.3 is 0 Å². The van der Waals surface area contributed by atoms with Crippen LogP contribution in [-0.2, 0) is 4.79 Å². The molecule has 2 rings (SSSR count). The maximum Gasteiger partial charge on any atom is 0.248 e. The monoisotopic (exact) mass is 287 g/mol. The van der Waals surface area contributed by atoms with E-state index in [0.29, 0.717) is 0 Å². The number of carbonyl (C=O) groups excluding carboxylic acids is 1. The molecule has 0 bridgehead atoms. The van der Waals surface area contributed by atoms with E-state index >= 15 is 0 Å². The highest BCUT2D eigenvalue weighted by Gasteiger charge is 1.97. The molecule has 2 aromatic rings. The van der Waals surface area contributed by atoms with E-state index < -0.39 is 0 Å². The first-order chi connectivity index (χ1) is 9.63. The molecule has 4 heteroatoms. The summed E-state index contributed by atoms with van der Waals surface area (Å²) in [5.41, 5.74) is 1.91. The molecule has 0 aliphatic carbocycles. The van der Waals surface area contributed by atoms with Crippen LogP contribution in [0.5, 0.6) is 0 Å². The van der Waals surface area contributed by atoms with Crippen LogP contribution in [0.1, 0.15) is 5.56 Å². The molecule has 0 saturated carbocycles. The molecule has 1 N–H and O–H groups in total. The highest BCUT2D eigenvalue weighted by molar-refractivity contribution is 8.02. The van der Waals surface area contributed by atoms with Crippen LogP contribution in [-0.4, -0.2) is 5.91 Å². The molecule has 0 aliphatic rings. The first-order valence-electron chi connectivity index (χ1n) is 6.10. The van der Waals surface area contributed by atoms with Gasteiger partial charge in [0.2, 0.25) is 5.91 Å². The van der Waals surface area contributed by atoms with Gasteiger partial charge in [0.05, 0.1) is 0 Å². The lowest BCUT2D eigenvalue weighted by molar-refractivity contribution is -0.111. The number of rotatable bonds is 4. The van der Waals surface area contributed by atoms with Gasteiger partial charge in [-0.2, -0.15) is 0 Å². The number of anilines is 1. The lowest BCUT2D eigenvalue weighted by Crippen LogP contribution is -2.07. The third kappa shape index (κ3) is 4.55. The van der Waals surface area contributed by atoms with Crippen molar-refractivity contribution in [3.05, 3.63) is 71.4 Å². The fraction of sp³-hybridized carbons (Fsp3) is 0.0625. The molecule has 0 atom stereocenters. The normalized spacial score (nSPS) is 10.7. The number of carbonyl (C=O) groups is 1. The number of halogens is 1. The van der Waals surface area contributed by atoms with Crippen LogP contribution < -0.4 is 5.32 Å². The van der Waals surface area contributed by atoms with Gasteiger partial charge in [0.1, 0.15) is 5.82 Å². The highest BCUT2D eigenvalue weighted by atomic mass is 32.2. The summed E-state index contributed by atoms with van der Waals surface area (Å²) in [7, 11) is 0. The Morgan fingerprint density at radius 1 is 1.10 bits per heavy atom. The maximum atomic E-state index is 12.7. The van der Waals surface area contributed by atoms with Gasteiger partial charge < -0.3 is 5.32 Å². The summed E-state index contributed by atoms with van der Waals surface area (Å²) >= 11 is 1.36. The van der Waals surface area contributed by atoms with E-state index in [2.05, 4.69) is 5.32 Å². The van der Waals surface area contributed by atoms with Gasteiger partial charge in [-0.05, 0) is 48.7 Å². The minimum absolute atomic E-state index is 0.191. The van der Waals surface area contributed by atoms with Crippen LogP contribution >= 0.6 is 11.8 Å². The van der Waals surface area contributed by atoms with Crippen molar-refractivity contribution in [1.82, 2.24) is 0 Å². The molecule has 0 saturated heterocycles. The molecule has 0 aliphatic heterocycles. The zero-order chi connectivity index (χ0) is 14.4. The van der Waals surface area contributed by atoms with E-state index in [0.717, 1.165) is 16.1 Å². The number of aryl methyl sites for hydroxylation is 1. The first kappa shape index (κ1) is 14.3. The van der Waals surface area contributed by atoms with Crippen molar-refractivity contribution in [3.63, 3.8) is 0 Å². The van der Waals surface area contributed by atoms with Crippen molar-refractivity contribution in [2.45, 2.75) is 11.8 Å². The van der Waals surface area contributed by atoms with Gasteiger partial charge in [0.25, 0.3) is 0 Å². The molecule has 0 radical (unpaired) electrons. The van der Waals surface area contributed by atoms with Crippen LogP contribution in [0.2, 0.25) is 0 Å². The zero-order valence-corrected chi connectivity index (χ0v) is 11.8. The van der Waals surface area contributed by atoms with Crippen molar-refractivity contribution in [2.75, 3.05) is 5.32 Å². The zero-order valence-electron chi connectivity index (χ0n) is 11.0. The highest BCUT2D eigenvalue weighted by Crippen LogP contribution is 2.19. The summed E-state index contributed by atoms with van der Waals surface area (Å²) < 4.78 is 12.7. The Hall–Kier alpha value is -2.07. The lowest BCUT2D eigenvalue weighted by atomic mass is 10.2. The summed E-state index contributed by atoms with van der Waals surface area (Å²) in [5, 5.41) is 4.44. The number of hydrogen-bond acceptors (Lipinski definition) is 2. The number of thioether (sulfide) groups is 1. The molecule has 0 fully saturated rings. The minimum Gasteiger partial charge on any atom is -0.322 e. The Bertz CT molecular complexity index is 605. The average Bonchev–Trinajstić information content (AvgIpc) is 2.44. The Labute approximate surface area is 121 Å². The Kier molecular flexibility index (Phi) is 4.96. The van der Waals surface area contributed by atoms with Crippen molar-refractivity contribution in [1.29, 1.82) is 0 Å². The number of hydrogen-bond donors (Lipinski definition) is 1. The summed E-state index contributed by atoms with van der Waals surface area (Å²) in [4.78, 5) is 12.6. The predicted octanol–water partition coefficient (Wildman–Crippen LogP) is 4.38. The van der Waals surface area contributed by atoms with Crippen LogP contribution in [0.3, 0.4) is 0 Å². The largest absolute Gasteiger partial charge is 0.322 e. The molecule has 0 spiro atoms. The SMILES string of the molecule is Cc1ccc(NC(=O)C=CSc2ccc(F)cc2)cc1. The minimum atomic E-state index is -0.268. The van der Waals surface area contributed by atoms with Gasteiger partial charge in [-0.3, -0.25) is 4.79 Å². The third-order valence-corrected chi connectivity index (χ3v) is 3.37. The summed E-state index contributed by atoms with van der Waals surface area (Å²) in [6.45, 7) is 1.99. The molecule has 0 unspecified atom stereocenters. The molecular formula is C16H14FNOS. The van der Waals surface area contributed by atoms with Gasteiger partial charge in [-0.25, -0.2) is 4.39 Å². The maximum absolute atomic E-state index is 12.7. The van der Waals surface area contributed by atoms with E-state index in [-0.39, 0.29) is 11.7 Å². The van der Waals surface area contributed by atoms with Crippen LogP contribution in [0.15, 0.2) is 64.9 Å². The molecule has 2 aromatic carbocycles. The number of benzene rings is 2. The van der Waals surface area contributed by atoms with Crippen molar-refractivity contribution in [2.24, 2.45) is 0 Å². The van der Waals surface area contributed by atoms with E-state index in [4.69, 9.17) is 0 Å². The fourth-order valence-electron chi connectivity index (χ4n) is 1.51. The number of amides is 1. The lowest BCUT2D eigenvalue weighted by Gasteiger charge is -2.02. The van der Waals surface area contributed by atoms with Crippen molar-refractivity contribution in [3.8, 4) is 0 Å². The fourth-order valence-corrected chi connectivity index (χ4v) is 2.15. The van der Waals surface area contributed by atoms with E-state index in [9.17, 15) is 9.18 Å². The van der Waals surface area contributed by atoms with Crippen LogP contribution in [0.4, 0.5) is 10.1 Å². The second kappa shape index (κ2) is 6.91. The van der Waals surface area contributed by atoms with E-state index in [1.165, 1.54) is 30.0 Å². The molecule has 20 heavy (non-hydrogen) atoms. The van der Waals surface area contributed by atoms with Gasteiger partial charge in [-0.15, -0.1) is 0 Å². The molecule has 2 nitrogen and oxygen atoms in total. The summed E-state index contributed by atoms with van der Waals surface area (Å²) in [5.74, 6) is -0.459. The van der Waals surface area contributed by atoms with Gasteiger partial charge in [0, 0.05) is 16.7 Å². The Balaban J connectivity index is 1.86. The molecular weight excluding hydrogens is 273 g/mol. The van der Waals surface area contributed by atoms with E-state index in [1.54, 1.807) is 17.5 Å². The summed E-state index contributed by atoms with van der Waals surface area (Å²) in [6.07, 6.45) is 1.45. The van der Waals surface area contributed by atoms with Crippen LogP contribution in [0.25, 0.3) is 0 Å². The smallest absolute Gasteiger partial charge is 0.248 e. The number of nitrogens with one attached hydrogen (secondary N) is 1. The van der Waals surface area contributed by atoms with Crippen LogP contribution in [0, 0.1) is 12.7 Å². The molecule has 0 aromatic heterocycles. The summed E-state index contributed by atoms with van der Waals surface area (Å²) in [6, 6.07) is 13.7. The molecule has 0 heterocycles.